The van der Waals surface area contributed by atoms with Gasteiger partial charge in [-0.2, -0.15) is 0 Å². The second-order valence-corrected chi connectivity index (χ2v) is 7.12. The molecule has 130 valence electrons. The number of halogens is 2. The van der Waals surface area contributed by atoms with E-state index in [2.05, 4.69) is 10.3 Å². The minimum Gasteiger partial charge on any atom is -0.304 e. The van der Waals surface area contributed by atoms with Crippen molar-refractivity contribution in [1.82, 2.24) is 4.98 Å². The van der Waals surface area contributed by atoms with E-state index in [4.69, 9.17) is 0 Å². The van der Waals surface area contributed by atoms with Crippen molar-refractivity contribution in [2.45, 2.75) is 31.6 Å². The molecule has 0 spiro atoms. The molecule has 1 N–H and O–H groups in total. The average molecular weight is 455 g/mol. The van der Waals surface area contributed by atoms with Gasteiger partial charge in [0.2, 0.25) is 0 Å². The summed E-state index contributed by atoms with van der Waals surface area (Å²) in [6, 6.07) is 5.37. The molecule has 0 aliphatic heterocycles. The summed E-state index contributed by atoms with van der Waals surface area (Å²) < 4.78 is 14.8. The quantitative estimate of drug-likeness (QED) is 0.414. The first-order valence-corrected chi connectivity index (χ1v) is 8.94. The number of carbonyl (C=O) groups is 1. The Morgan fingerprint density at radius 3 is 2.68 bits per heavy atom. The van der Waals surface area contributed by atoms with Crippen LogP contribution in [-0.4, -0.2) is 15.8 Å². The second-order valence-electron chi connectivity index (χ2n) is 5.96. The van der Waals surface area contributed by atoms with Gasteiger partial charge in [0.25, 0.3) is 11.6 Å². The lowest BCUT2D eigenvalue weighted by Gasteiger charge is -2.11. The van der Waals surface area contributed by atoms with Gasteiger partial charge in [-0.05, 0) is 59.0 Å². The number of non-ortho nitro benzene ring substituents is 1. The highest BCUT2D eigenvalue weighted by Gasteiger charge is 2.21. The predicted octanol–water partition coefficient (Wildman–Crippen LogP) is 4.64. The van der Waals surface area contributed by atoms with Crippen molar-refractivity contribution >= 4 is 40.0 Å². The number of hydrogen-bond acceptors (Lipinski definition) is 4. The minimum atomic E-state index is -0.631. The molecule has 3 rings (SSSR count). The summed E-state index contributed by atoms with van der Waals surface area (Å²) in [7, 11) is 0. The molecule has 8 heteroatoms. The number of anilines is 1. The lowest BCUT2D eigenvalue weighted by Crippen LogP contribution is -2.16. The zero-order valence-corrected chi connectivity index (χ0v) is 15.3. The van der Waals surface area contributed by atoms with E-state index < -0.39 is 16.6 Å². The molecule has 1 aromatic carbocycles. The number of carbonyl (C=O) groups excluding carboxylic acids is 1. The number of pyridine rings is 1. The normalized spacial score (nSPS) is 14.5. The van der Waals surface area contributed by atoms with Gasteiger partial charge in [0.05, 0.1) is 10.5 Å². The summed E-state index contributed by atoms with van der Waals surface area (Å²) in [5.74, 6) is -1.08. The van der Waals surface area contributed by atoms with Gasteiger partial charge in [-0.15, -0.1) is 0 Å². The van der Waals surface area contributed by atoms with Crippen LogP contribution >= 0.6 is 22.6 Å². The molecule has 1 amide bonds. The maximum Gasteiger partial charge on any atom is 0.270 e. The molecule has 1 saturated carbocycles. The highest BCUT2D eigenvalue weighted by atomic mass is 127. The van der Waals surface area contributed by atoms with Crippen LogP contribution in [0.3, 0.4) is 0 Å². The minimum absolute atomic E-state index is 0.107. The lowest BCUT2D eigenvalue weighted by atomic mass is 9.99. The Bertz CT molecular complexity index is 838. The van der Waals surface area contributed by atoms with Crippen LogP contribution in [0.2, 0.25) is 0 Å². The summed E-state index contributed by atoms with van der Waals surface area (Å²) >= 11 is 1.90. The fourth-order valence-corrected chi connectivity index (χ4v) is 3.58. The molecule has 1 aliphatic carbocycles. The number of benzene rings is 1. The third-order valence-corrected chi connectivity index (χ3v) is 5.27. The Balaban J connectivity index is 1.81. The van der Waals surface area contributed by atoms with Gasteiger partial charge in [-0.3, -0.25) is 14.9 Å². The Labute approximate surface area is 157 Å². The van der Waals surface area contributed by atoms with Crippen molar-refractivity contribution in [1.29, 1.82) is 0 Å². The third-order valence-electron chi connectivity index (χ3n) is 4.33. The Morgan fingerprint density at radius 2 is 2.04 bits per heavy atom. The molecule has 0 unspecified atom stereocenters. The lowest BCUT2D eigenvalue weighted by molar-refractivity contribution is -0.384. The largest absolute Gasteiger partial charge is 0.304 e. The molecule has 6 nitrogen and oxygen atoms in total. The SMILES string of the molecule is O=C(Nc1ncc(C2CCCC2)cc1F)c1cc([N+](=O)[O-])ccc1I. The number of hydrogen-bond donors (Lipinski definition) is 1. The average Bonchev–Trinajstić information content (AvgIpc) is 3.11. The smallest absolute Gasteiger partial charge is 0.270 e. The van der Waals surface area contributed by atoms with E-state index >= 15 is 0 Å². The summed E-state index contributed by atoms with van der Waals surface area (Å²) in [6.07, 6.45) is 5.91. The van der Waals surface area contributed by atoms with Gasteiger partial charge in [0, 0.05) is 21.9 Å². The van der Waals surface area contributed by atoms with Crippen LogP contribution in [0.15, 0.2) is 30.5 Å². The van der Waals surface area contributed by atoms with E-state index in [0.29, 0.717) is 9.49 Å². The van der Waals surface area contributed by atoms with Crippen molar-refractivity contribution in [3.05, 3.63) is 61.1 Å². The van der Waals surface area contributed by atoms with Crippen LogP contribution in [0.1, 0.15) is 47.5 Å². The number of nitro benzene ring substituents is 1. The summed E-state index contributed by atoms with van der Waals surface area (Å²) in [6.45, 7) is 0. The van der Waals surface area contributed by atoms with E-state index in [0.717, 1.165) is 31.2 Å². The summed E-state index contributed by atoms with van der Waals surface area (Å²) in [4.78, 5) is 26.7. The Hall–Kier alpha value is -2.10. The molecule has 0 saturated heterocycles. The van der Waals surface area contributed by atoms with E-state index in [-0.39, 0.29) is 17.1 Å². The maximum absolute atomic E-state index is 14.3. The highest BCUT2D eigenvalue weighted by Crippen LogP contribution is 2.34. The van der Waals surface area contributed by atoms with Gasteiger partial charge in [0.1, 0.15) is 0 Å². The number of aromatic nitrogens is 1. The third kappa shape index (κ3) is 3.94. The standard InChI is InChI=1S/C17H15FIN3O3/c18-14-7-11(10-3-1-2-4-10)9-20-16(14)21-17(23)13-8-12(22(24)25)5-6-15(13)19/h5-10H,1-4H2,(H,20,21,23). The van der Waals surface area contributed by atoms with Crippen molar-refractivity contribution in [3.8, 4) is 0 Å². The van der Waals surface area contributed by atoms with Crippen molar-refractivity contribution < 1.29 is 14.1 Å². The zero-order chi connectivity index (χ0) is 18.0. The topological polar surface area (TPSA) is 85.1 Å². The van der Waals surface area contributed by atoms with E-state index in [1.54, 1.807) is 6.20 Å². The van der Waals surface area contributed by atoms with Crippen molar-refractivity contribution in [2.75, 3.05) is 5.32 Å². The van der Waals surface area contributed by atoms with Crippen LogP contribution in [0.25, 0.3) is 0 Å². The first-order chi connectivity index (χ1) is 12.0. The molecular weight excluding hydrogens is 440 g/mol. The van der Waals surface area contributed by atoms with Crippen LogP contribution in [-0.2, 0) is 0 Å². The maximum atomic E-state index is 14.3. The van der Waals surface area contributed by atoms with Gasteiger partial charge >= 0.3 is 0 Å². The number of rotatable bonds is 4. The molecule has 1 aromatic heterocycles. The molecule has 1 fully saturated rings. The molecule has 25 heavy (non-hydrogen) atoms. The number of amides is 1. The second kappa shape index (κ2) is 7.42. The van der Waals surface area contributed by atoms with Crippen molar-refractivity contribution in [2.24, 2.45) is 0 Å². The molecule has 0 atom stereocenters. The first-order valence-electron chi connectivity index (χ1n) is 7.86. The molecule has 2 aromatic rings. The summed E-state index contributed by atoms with van der Waals surface area (Å²) in [5, 5.41) is 13.3. The highest BCUT2D eigenvalue weighted by molar-refractivity contribution is 14.1. The van der Waals surface area contributed by atoms with Gasteiger partial charge < -0.3 is 5.32 Å². The molecule has 1 aliphatic rings. The van der Waals surface area contributed by atoms with E-state index in [9.17, 15) is 19.3 Å². The predicted molar refractivity (Wildman–Crippen MR) is 99.2 cm³/mol. The van der Waals surface area contributed by atoms with Gasteiger partial charge in [0.15, 0.2) is 11.6 Å². The van der Waals surface area contributed by atoms with Crippen LogP contribution < -0.4 is 5.32 Å². The van der Waals surface area contributed by atoms with Crippen LogP contribution in [0.4, 0.5) is 15.9 Å². The first kappa shape index (κ1) is 17.7. The fourth-order valence-electron chi connectivity index (χ4n) is 3.00. The molecule has 0 radical (unpaired) electrons. The number of nitrogens with one attached hydrogen (secondary N) is 1. The van der Waals surface area contributed by atoms with Crippen LogP contribution in [0.5, 0.6) is 0 Å². The Kier molecular flexibility index (Phi) is 5.26. The zero-order valence-electron chi connectivity index (χ0n) is 13.2. The van der Waals surface area contributed by atoms with Gasteiger partial charge in [-0.1, -0.05) is 12.8 Å². The number of nitrogens with zero attached hydrogens (tertiary/aromatic N) is 2. The van der Waals surface area contributed by atoms with Gasteiger partial charge in [-0.25, -0.2) is 9.37 Å². The van der Waals surface area contributed by atoms with E-state index in [1.807, 2.05) is 22.6 Å². The number of nitro groups is 1. The molecular formula is C17H15FIN3O3. The molecule has 1 heterocycles. The van der Waals surface area contributed by atoms with E-state index in [1.165, 1.54) is 24.3 Å². The van der Waals surface area contributed by atoms with Crippen LogP contribution in [0, 0.1) is 19.5 Å². The monoisotopic (exact) mass is 455 g/mol. The Morgan fingerprint density at radius 1 is 1.32 bits per heavy atom. The molecule has 0 bridgehead atoms. The summed E-state index contributed by atoms with van der Waals surface area (Å²) in [5.41, 5.74) is 0.754. The fraction of sp³-hybridized carbons (Fsp3) is 0.294. The van der Waals surface area contributed by atoms with Crippen molar-refractivity contribution in [3.63, 3.8) is 0 Å².